The normalized spacial score (nSPS) is 24.8. The van der Waals surface area contributed by atoms with E-state index in [1.54, 1.807) is 17.0 Å². The highest BCUT2D eigenvalue weighted by molar-refractivity contribution is 7.09. The molecule has 0 spiro atoms. The van der Waals surface area contributed by atoms with Crippen LogP contribution in [-0.4, -0.2) is 58.1 Å². The van der Waals surface area contributed by atoms with E-state index in [1.807, 2.05) is 5.38 Å². The van der Waals surface area contributed by atoms with Crippen LogP contribution in [0.25, 0.3) is 11.3 Å². The van der Waals surface area contributed by atoms with Crippen molar-refractivity contribution in [3.8, 4) is 11.3 Å². The number of hydrogen-bond donors (Lipinski definition) is 3. The smallest absolute Gasteiger partial charge is 0.248 e. The number of aliphatic hydroxyl groups is 1. The maximum absolute atomic E-state index is 13.0. The van der Waals surface area contributed by atoms with E-state index in [0.717, 1.165) is 16.3 Å². The maximum Gasteiger partial charge on any atom is 0.248 e. The number of aliphatic hydroxyl groups excluding tert-OH is 1. The monoisotopic (exact) mass is 390 g/mol. The fourth-order valence-electron chi connectivity index (χ4n) is 3.51. The predicted octanol–water partition coefficient (Wildman–Crippen LogP) is 0.499. The largest absolute Gasteiger partial charge is 0.394 e. The van der Waals surface area contributed by atoms with E-state index in [-0.39, 0.29) is 23.7 Å². The zero-order valence-electron chi connectivity index (χ0n) is 14.4. The Bertz CT molecular complexity index is 857. The highest BCUT2D eigenvalue weighted by Crippen LogP contribution is 2.25. The average Bonchev–Trinajstić information content (AvgIpc) is 3.31. The summed E-state index contributed by atoms with van der Waals surface area (Å²) in [5.41, 5.74) is 1.65. The van der Waals surface area contributed by atoms with Crippen molar-refractivity contribution in [1.29, 1.82) is 0 Å². The highest BCUT2D eigenvalue weighted by atomic mass is 32.1. The number of halogens is 1. The molecule has 0 radical (unpaired) electrons. The Labute approximate surface area is 159 Å². The van der Waals surface area contributed by atoms with Crippen LogP contribution >= 0.6 is 11.3 Å². The number of carbonyl (C=O) groups is 2. The molecule has 142 valence electrons. The van der Waals surface area contributed by atoms with Crippen LogP contribution < -0.4 is 10.6 Å². The number of piperazine rings is 1. The molecule has 1 aromatic carbocycles. The topological polar surface area (TPSA) is 94.6 Å². The first-order chi connectivity index (χ1) is 13.0. The first kappa shape index (κ1) is 18.0. The molecule has 0 saturated carbocycles. The van der Waals surface area contributed by atoms with Crippen LogP contribution in [0, 0.1) is 5.82 Å². The van der Waals surface area contributed by atoms with Gasteiger partial charge in [-0.15, -0.1) is 11.3 Å². The average molecular weight is 390 g/mol. The lowest BCUT2D eigenvalue weighted by Crippen LogP contribution is -2.62. The summed E-state index contributed by atoms with van der Waals surface area (Å²) in [6.45, 7) is 0.567. The number of aromatic nitrogens is 1. The summed E-state index contributed by atoms with van der Waals surface area (Å²) in [5, 5.41) is 17.9. The van der Waals surface area contributed by atoms with E-state index < -0.39 is 18.7 Å². The van der Waals surface area contributed by atoms with Gasteiger partial charge in [-0.2, -0.15) is 0 Å². The van der Waals surface area contributed by atoms with Crippen LogP contribution in [0.4, 0.5) is 4.39 Å². The number of hydrogen-bond acceptors (Lipinski definition) is 6. The van der Waals surface area contributed by atoms with Gasteiger partial charge in [0.1, 0.15) is 22.9 Å². The zero-order valence-corrected chi connectivity index (χ0v) is 15.2. The molecule has 2 saturated heterocycles. The molecule has 2 aliphatic rings. The molecular formula is C18H19FN4O3S. The lowest BCUT2D eigenvalue weighted by Gasteiger charge is -2.33. The first-order valence-corrected chi connectivity index (χ1v) is 9.58. The van der Waals surface area contributed by atoms with Crippen LogP contribution in [0.1, 0.15) is 11.4 Å². The molecule has 3 heterocycles. The second-order valence-corrected chi connectivity index (χ2v) is 7.64. The Kier molecular flexibility index (Phi) is 4.90. The maximum atomic E-state index is 13.0. The lowest BCUT2D eigenvalue weighted by molar-refractivity contribution is -0.148. The summed E-state index contributed by atoms with van der Waals surface area (Å²) >= 11 is 1.50. The van der Waals surface area contributed by atoms with Crippen molar-refractivity contribution in [2.75, 3.05) is 13.2 Å². The molecule has 2 fully saturated rings. The van der Waals surface area contributed by atoms with Crippen LogP contribution in [0.5, 0.6) is 0 Å². The van der Waals surface area contributed by atoms with E-state index in [1.165, 1.54) is 23.5 Å². The Hall–Kier alpha value is -2.36. The van der Waals surface area contributed by atoms with Crippen LogP contribution in [-0.2, 0) is 16.1 Å². The molecule has 1 aromatic heterocycles. The van der Waals surface area contributed by atoms with Gasteiger partial charge in [0.2, 0.25) is 11.8 Å². The Balaban J connectivity index is 1.37. The van der Waals surface area contributed by atoms with Crippen LogP contribution in [0.3, 0.4) is 0 Å². The molecule has 7 nitrogen and oxygen atoms in total. The molecule has 2 amide bonds. The minimum atomic E-state index is -0.843. The van der Waals surface area contributed by atoms with Crippen molar-refractivity contribution in [2.45, 2.75) is 31.1 Å². The third-order valence-electron chi connectivity index (χ3n) is 4.92. The molecule has 0 unspecified atom stereocenters. The Morgan fingerprint density at radius 2 is 2.11 bits per heavy atom. The third kappa shape index (κ3) is 3.58. The lowest BCUT2D eigenvalue weighted by atomic mass is 10.1. The summed E-state index contributed by atoms with van der Waals surface area (Å²) in [6.07, 6.45) is 0.534. The number of rotatable bonds is 5. The van der Waals surface area contributed by atoms with E-state index in [0.29, 0.717) is 19.5 Å². The number of carbonyl (C=O) groups excluding carboxylic acids is 2. The van der Waals surface area contributed by atoms with Gasteiger partial charge in [-0.05, 0) is 30.7 Å². The number of thiazole rings is 1. The summed E-state index contributed by atoms with van der Waals surface area (Å²) in [7, 11) is 0. The predicted molar refractivity (Wildman–Crippen MR) is 97.3 cm³/mol. The van der Waals surface area contributed by atoms with Gasteiger partial charge in [-0.1, -0.05) is 0 Å². The van der Waals surface area contributed by atoms with Gasteiger partial charge in [-0.3, -0.25) is 9.59 Å². The van der Waals surface area contributed by atoms with Crippen LogP contribution in [0.15, 0.2) is 29.6 Å². The first-order valence-electron chi connectivity index (χ1n) is 8.70. The molecule has 2 aromatic rings. The van der Waals surface area contributed by atoms with Crippen molar-refractivity contribution in [3.05, 3.63) is 40.5 Å². The molecule has 3 N–H and O–H groups in total. The molecular weight excluding hydrogens is 371 g/mol. The van der Waals surface area contributed by atoms with Crippen molar-refractivity contribution in [2.24, 2.45) is 0 Å². The van der Waals surface area contributed by atoms with E-state index >= 15 is 0 Å². The number of nitrogens with one attached hydrogen (secondary N) is 2. The Morgan fingerprint density at radius 1 is 1.33 bits per heavy atom. The molecule has 9 heteroatoms. The Morgan fingerprint density at radius 3 is 2.85 bits per heavy atom. The standard InChI is InChI=1S/C18H19FN4O3S/c19-11-3-1-10(2-4-11)14-9-27-16(21-14)6-20-12-5-15-17(25)22-13(8-24)18(26)23(15)7-12/h1-4,9,12-13,15,20,24H,5-8H2,(H,22,25)/t12-,13-,15-/m0/s1. The van der Waals surface area contributed by atoms with Crippen molar-refractivity contribution < 1.29 is 19.1 Å². The van der Waals surface area contributed by atoms with Crippen molar-refractivity contribution >= 4 is 23.2 Å². The van der Waals surface area contributed by atoms with Gasteiger partial charge in [0.15, 0.2) is 0 Å². The van der Waals surface area contributed by atoms with Gasteiger partial charge in [0, 0.05) is 30.1 Å². The summed E-state index contributed by atoms with van der Waals surface area (Å²) in [6, 6.07) is 4.86. The molecule has 4 rings (SSSR count). The van der Waals surface area contributed by atoms with Gasteiger partial charge in [-0.25, -0.2) is 9.37 Å². The van der Waals surface area contributed by atoms with E-state index in [2.05, 4.69) is 15.6 Å². The second-order valence-electron chi connectivity index (χ2n) is 6.70. The van der Waals surface area contributed by atoms with Crippen LogP contribution in [0.2, 0.25) is 0 Å². The molecule has 0 aliphatic carbocycles. The van der Waals surface area contributed by atoms with Crippen molar-refractivity contribution in [1.82, 2.24) is 20.5 Å². The summed E-state index contributed by atoms with van der Waals surface area (Å²) < 4.78 is 13.0. The molecule has 27 heavy (non-hydrogen) atoms. The summed E-state index contributed by atoms with van der Waals surface area (Å²) in [4.78, 5) is 30.5. The van der Waals surface area contributed by atoms with Gasteiger partial charge in [0.05, 0.1) is 12.3 Å². The molecule has 0 bridgehead atoms. The van der Waals surface area contributed by atoms with Crippen molar-refractivity contribution in [3.63, 3.8) is 0 Å². The van der Waals surface area contributed by atoms with Gasteiger partial charge < -0.3 is 20.6 Å². The SMILES string of the molecule is O=C1N[C@@H](CO)C(=O)N2C[C@@H](NCc3nc(-c4ccc(F)cc4)cs3)C[C@@H]12. The number of amides is 2. The quantitative estimate of drug-likeness (QED) is 0.691. The molecule has 3 atom stereocenters. The second kappa shape index (κ2) is 7.34. The van der Waals surface area contributed by atoms with Gasteiger partial charge >= 0.3 is 0 Å². The number of nitrogens with zero attached hydrogens (tertiary/aromatic N) is 2. The minimum Gasteiger partial charge on any atom is -0.394 e. The summed E-state index contributed by atoms with van der Waals surface area (Å²) in [5.74, 6) is -0.736. The van der Waals surface area contributed by atoms with Gasteiger partial charge in [0.25, 0.3) is 0 Å². The van der Waals surface area contributed by atoms with E-state index in [9.17, 15) is 19.1 Å². The fraction of sp³-hybridized carbons (Fsp3) is 0.389. The van der Waals surface area contributed by atoms with E-state index in [4.69, 9.17) is 0 Å². The highest BCUT2D eigenvalue weighted by Gasteiger charge is 2.46. The third-order valence-corrected chi connectivity index (χ3v) is 5.77. The minimum absolute atomic E-state index is 0.0136. The molecule has 2 aliphatic heterocycles. The fourth-order valence-corrected chi connectivity index (χ4v) is 4.26. The number of benzene rings is 1. The zero-order chi connectivity index (χ0) is 19.0. The number of fused-ring (bicyclic) bond motifs is 1.